The van der Waals surface area contributed by atoms with E-state index in [1.165, 1.54) is 22.3 Å². The molecule has 0 saturated carbocycles. The molecule has 0 heterocycles. The van der Waals surface area contributed by atoms with Crippen molar-refractivity contribution in [2.45, 2.75) is 48.5 Å². The zero-order chi connectivity index (χ0) is 18.3. The van der Waals surface area contributed by atoms with Crippen molar-refractivity contribution in [2.75, 3.05) is 0 Å². The highest BCUT2D eigenvalue weighted by molar-refractivity contribution is 5.81. The molecule has 0 aliphatic carbocycles. The predicted octanol–water partition coefficient (Wildman–Crippen LogP) is 7.95. The molecule has 0 aliphatic heterocycles. The largest absolute Gasteiger partial charge is 0.0990 e. The van der Waals surface area contributed by atoms with Gasteiger partial charge in [-0.25, -0.2) is 0 Å². The third-order valence-corrected chi connectivity index (χ3v) is 3.11. The maximum atomic E-state index is 3.86. The van der Waals surface area contributed by atoms with Crippen LogP contribution in [0.4, 0.5) is 0 Å². The van der Waals surface area contributed by atoms with Crippen molar-refractivity contribution in [1.82, 2.24) is 0 Å². The van der Waals surface area contributed by atoms with Gasteiger partial charge in [0.25, 0.3) is 0 Å². The lowest BCUT2D eigenvalue weighted by atomic mass is 9.94. The van der Waals surface area contributed by atoms with Crippen LogP contribution in [-0.4, -0.2) is 0 Å². The van der Waals surface area contributed by atoms with Crippen LogP contribution < -0.4 is 0 Å². The molecule has 0 aliphatic rings. The molecule has 0 saturated heterocycles. The third kappa shape index (κ3) is 7.65. The lowest BCUT2D eigenvalue weighted by Gasteiger charge is -2.10. The van der Waals surface area contributed by atoms with Gasteiger partial charge in [-0.3, -0.25) is 0 Å². The van der Waals surface area contributed by atoms with Crippen LogP contribution in [0.25, 0.3) is 17.7 Å². The maximum absolute atomic E-state index is 3.86. The van der Waals surface area contributed by atoms with E-state index in [0.717, 1.165) is 5.56 Å². The fraction of sp³-hybridized carbons (Fsp3) is 0.304. The van der Waals surface area contributed by atoms with Crippen LogP contribution in [-0.2, 0) is 0 Å². The monoisotopic (exact) mass is 310 g/mol. The van der Waals surface area contributed by atoms with Gasteiger partial charge in [0, 0.05) is 0 Å². The molecule has 1 rings (SSSR count). The molecule has 0 unspecified atom stereocenters. The van der Waals surface area contributed by atoms with Gasteiger partial charge in [0.05, 0.1) is 0 Å². The normalized spacial score (nSPS) is 11.1. The molecule has 0 N–H and O–H groups in total. The Labute approximate surface area is 144 Å². The summed E-state index contributed by atoms with van der Waals surface area (Å²) < 4.78 is 0. The standard InChI is InChI=1S/C19H22.2C2H6/c1-6-10-17-14-18(13-12-16(17)9-4)19(11-7-2)15(5)8-3;2*1-2/h6-14H,2,4H2,1,3,5H3;2*1-2H3/b10-6-,15-8-,19-11+;;. The van der Waals surface area contributed by atoms with Crippen LogP contribution in [0, 0.1) is 0 Å². The second-order valence-electron chi connectivity index (χ2n) is 4.34. The van der Waals surface area contributed by atoms with Crippen LogP contribution in [0.2, 0.25) is 0 Å². The number of hydrogen-bond donors (Lipinski definition) is 0. The van der Waals surface area contributed by atoms with Crippen molar-refractivity contribution in [1.29, 1.82) is 0 Å². The van der Waals surface area contributed by atoms with E-state index in [0.29, 0.717) is 0 Å². The molecule has 1 aromatic rings. The van der Waals surface area contributed by atoms with Gasteiger partial charge >= 0.3 is 0 Å². The summed E-state index contributed by atoms with van der Waals surface area (Å²) in [5, 5.41) is 0. The van der Waals surface area contributed by atoms with Crippen molar-refractivity contribution in [3.63, 3.8) is 0 Å². The molecule has 1 aromatic carbocycles. The molecule has 0 heteroatoms. The van der Waals surface area contributed by atoms with Gasteiger partial charge in [-0.1, -0.05) is 89.4 Å². The summed E-state index contributed by atoms with van der Waals surface area (Å²) in [6.45, 7) is 21.9. The molecule has 0 amide bonds. The molecule has 0 radical (unpaired) electrons. The van der Waals surface area contributed by atoms with E-state index < -0.39 is 0 Å². The second-order valence-corrected chi connectivity index (χ2v) is 4.34. The zero-order valence-corrected chi connectivity index (χ0v) is 16.1. The van der Waals surface area contributed by atoms with Gasteiger partial charge in [0.2, 0.25) is 0 Å². The highest BCUT2D eigenvalue weighted by atomic mass is 14.1. The third-order valence-electron chi connectivity index (χ3n) is 3.11. The Morgan fingerprint density at radius 3 is 2.00 bits per heavy atom. The lowest BCUT2D eigenvalue weighted by molar-refractivity contribution is 1.45. The fourth-order valence-corrected chi connectivity index (χ4v) is 1.98. The first-order valence-electron chi connectivity index (χ1n) is 8.53. The Bertz CT molecular complexity index is 551. The number of rotatable bonds is 5. The number of benzene rings is 1. The van der Waals surface area contributed by atoms with E-state index >= 15 is 0 Å². The molecule has 0 spiro atoms. The van der Waals surface area contributed by atoms with Gasteiger partial charge in [-0.2, -0.15) is 0 Å². The smallest absolute Gasteiger partial charge is 0.0158 e. The highest BCUT2D eigenvalue weighted by Crippen LogP contribution is 2.26. The minimum absolute atomic E-state index is 1.15. The van der Waals surface area contributed by atoms with E-state index in [4.69, 9.17) is 0 Å². The van der Waals surface area contributed by atoms with E-state index in [9.17, 15) is 0 Å². The van der Waals surface area contributed by atoms with Crippen molar-refractivity contribution in [3.8, 4) is 0 Å². The van der Waals surface area contributed by atoms with Crippen LogP contribution in [0.1, 0.15) is 65.2 Å². The topological polar surface area (TPSA) is 0 Å². The predicted molar refractivity (Wildman–Crippen MR) is 112 cm³/mol. The second kappa shape index (κ2) is 14.8. The summed E-state index contributed by atoms with van der Waals surface area (Å²) in [5.74, 6) is 0. The fourth-order valence-electron chi connectivity index (χ4n) is 1.98. The molecular formula is C23H34. The van der Waals surface area contributed by atoms with Gasteiger partial charge in [-0.15, -0.1) is 0 Å². The Morgan fingerprint density at radius 2 is 1.57 bits per heavy atom. The van der Waals surface area contributed by atoms with Crippen LogP contribution in [0.5, 0.6) is 0 Å². The van der Waals surface area contributed by atoms with Gasteiger partial charge in [-0.05, 0) is 54.7 Å². The summed E-state index contributed by atoms with van der Waals surface area (Å²) in [6, 6.07) is 6.43. The summed E-state index contributed by atoms with van der Waals surface area (Å²) in [5.41, 5.74) is 6.00. The van der Waals surface area contributed by atoms with E-state index in [-0.39, 0.29) is 0 Å². The average Bonchev–Trinajstić information content (AvgIpc) is 2.62. The Morgan fingerprint density at radius 1 is 0.957 bits per heavy atom. The van der Waals surface area contributed by atoms with Crippen molar-refractivity contribution in [3.05, 3.63) is 77.9 Å². The van der Waals surface area contributed by atoms with Crippen LogP contribution >= 0.6 is 0 Å². The summed E-state index contributed by atoms with van der Waals surface area (Å²) in [7, 11) is 0. The molecule has 23 heavy (non-hydrogen) atoms. The highest BCUT2D eigenvalue weighted by Gasteiger charge is 2.05. The van der Waals surface area contributed by atoms with Gasteiger partial charge < -0.3 is 0 Å². The van der Waals surface area contributed by atoms with E-state index in [2.05, 4.69) is 63.4 Å². The molecule has 0 fully saturated rings. The summed E-state index contributed by atoms with van der Waals surface area (Å²) in [4.78, 5) is 0. The van der Waals surface area contributed by atoms with Crippen molar-refractivity contribution in [2.24, 2.45) is 0 Å². The Balaban J connectivity index is 0. The van der Waals surface area contributed by atoms with Crippen molar-refractivity contribution >= 4 is 17.7 Å². The summed E-state index contributed by atoms with van der Waals surface area (Å²) in [6.07, 6.45) is 12.0. The first kappa shape index (κ1) is 23.2. The zero-order valence-electron chi connectivity index (χ0n) is 16.1. The number of hydrogen-bond acceptors (Lipinski definition) is 0. The van der Waals surface area contributed by atoms with Crippen LogP contribution in [0.3, 0.4) is 0 Å². The SMILES string of the molecule is C=C/C=C(\C(C)=C/C)c1ccc(C=C)c(/C=C\C)c1.CC.CC. The Hall–Kier alpha value is -2.08. The minimum atomic E-state index is 1.15. The molecule has 0 nitrogen and oxygen atoms in total. The quantitative estimate of drug-likeness (QED) is 0.484. The van der Waals surface area contributed by atoms with E-state index in [1.807, 2.05) is 52.8 Å². The van der Waals surface area contributed by atoms with Crippen LogP contribution in [0.15, 0.2) is 61.2 Å². The summed E-state index contributed by atoms with van der Waals surface area (Å²) >= 11 is 0. The first-order valence-corrected chi connectivity index (χ1v) is 8.53. The van der Waals surface area contributed by atoms with E-state index in [1.54, 1.807) is 0 Å². The number of allylic oxidation sites excluding steroid dienone is 6. The first-order chi connectivity index (χ1) is 11.2. The average molecular weight is 311 g/mol. The molecule has 0 aromatic heterocycles. The Kier molecular flexibility index (Phi) is 15.0. The molecule has 0 atom stereocenters. The molecular weight excluding hydrogens is 276 g/mol. The lowest BCUT2D eigenvalue weighted by Crippen LogP contribution is -1.90. The molecule has 0 bridgehead atoms. The molecule has 126 valence electrons. The van der Waals surface area contributed by atoms with Gasteiger partial charge in [0.1, 0.15) is 0 Å². The van der Waals surface area contributed by atoms with Gasteiger partial charge in [0.15, 0.2) is 0 Å². The maximum Gasteiger partial charge on any atom is -0.0158 e. The van der Waals surface area contributed by atoms with Crippen molar-refractivity contribution < 1.29 is 0 Å². The minimum Gasteiger partial charge on any atom is -0.0990 e.